The van der Waals surface area contributed by atoms with E-state index >= 15 is 0 Å². The molecular formula is C21H22N4O4. The molecule has 8 heteroatoms. The third-order valence-corrected chi connectivity index (χ3v) is 3.83. The first kappa shape index (κ1) is 19.9. The van der Waals surface area contributed by atoms with Crippen LogP contribution in [0.4, 0.5) is 10.5 Å². The quantitative estimate of drug-likeness (QED) is 0.600. The number of nitrogens with one attached hydrogen (secondary N) is 2. The van der Waals surface area contributed by atoms with Crippen molar-refractivity contribution in [3.63, 3.8) is 0 Å². The Labute approximate surface area is 168 Å². The summed E-state index contributed by atoms with van der Waals surface area (Å²) in [5, 5.41) is 5.46. The van der Waals surface area contributed by atoms with Crippen molar-refractivity contribution in [2.75, 3.05) is 19.0 Å². The van der Waals surface area contributed by atoms with Crippen LogP contribution in [0.15, 0.2) is 60.9 Å². The summed E-state index contributed by atoms with van der Waals surface area (Å²) in [6.45, 7) is 2.76. The first-order valence-electron chi connectivity index (χ1n) is 9.08. The summed E-state index contributed by atoms with van der Waals surface area (Å²) in [6, 6.07) is 14.0. The molecule has 2 amide bonds. The number of rotatable bonds is 8. The van der Waals surface area contributed by atoms with Crippen LogP contribution < -0.4 is 24.8 Å². The van der Waals surface area contributed by atoms with Crippen LogP contribution in [0.3, 0.4) is 0 Å². The molecule has 0 aliphatic rings. The minimum absolute atomic E-state index is 0.303. The Morgan fingerprint density at radius 1 is 1.03 bits per heavy atom. The highest BCUT2D eigenvalue weighted by atomic mass is 16.5. The highest BCUT2D eigenvalue weighted by molar-refractivity contribution is 5.90. The summed E-state index contributed by atoms with van der Waals surface area (Å²) in [5.74, 6) is 2.03. The van der Waals surface area contributed by atoms with E-state index in [0.29, 0.717) is 42.1 Å². The lowest BCUT2D eigenvalue weighted by molar-refractivity contribution is 0.251. The molecule has 0 aliphatic heterocycles. The van der Waals surface area contributed by atoms with Crippen molar-refractivity contribution in [1.82, 2.24) is 15.3 Å². The molecule has 0 saturated heterocycles. The van der Waals surface area contributed by atoms with E-state index in [4.69, 9.17) is 14.2 Å². The van der Waals surface area contributed by atoms with Crippen molar-refractivity contribution in [3.8, 4) is 23.3 Å². The molecule has 0 aliphatic carbocycles. The van der Waals surface area contributed by atoms with Gasteiger partial charge in [-0.05, 0) is 36.8 Å². The van der Waals surface area contributed by atoms with Gasteiger partial charge in [-0.25, -0.2) is 14.8 Å². The molecule has 2 aromatic heterocycles. The highest BCUT2D eigenvalue weighted by Gasteiger charge is 2.09. The van der Waals surface area contributed by atoms with E-state index in [1.807, 2.05) is 37.3 Å². The Bertz CT molecular complexity index is 947. The summed E-state index contributed by atoms with van der Waals surface area (Å²) < 4.78 is 16.4. The number of amides is 2. The number of ether oxygens (including phenoxy) is 3. The molecule has 150 valence electrons. The van der Waals surface area contributed by atoms with Crippen LogP contribution in [0, 0.1) is 0 Å². The van der Waals surface area contributed by atoms with Gasteiger partial charge in [0.05, 0.1) is 13.7 Å². The second kappa shape index (κ2) is 9.93. The van der Waals surface area contributed by atoms with Gasteiger partial charge in [-0.3, -0.25) is 0 Å². The number of hydrogen-bond donors (Lipinski definition) is 2. The van der Waals surface area contributed by atoms with Crippen molar-refractivity contribution >= 4 is 11.7 Å². The zero-order valence-corrected chi connectivity index (χ0v) is 16.2. The predicted octanol–water partition coefficient (Wildman–Crippen LogP) is 4.00. The highest BCUT2D eigenvalue weighted by Crippen LogP contribution is 2.30. The van der Waals surface area contributed by atoms with Crippen LogP contribution in [-0.2, 0) is 6.54 Å². The van der Waals surface area contributed by atoms with Crippen LogP contribution in [0.1, 0.15) is 12.5 Å². The zero-order chi connectivity index (χ0) is 20.5. The lowest BCUT2D eigenvalue weighted by Crippen LogP contribution is -2.28. The smallest absolute Gasteiger partial charge is 0.319 e. The number of nitrogens with zero attached hydrogens (tertiary/aromatic N) is 2. The zero-order valence-electron chi connectivity index (χ0n) is 16.2. The van der Waals surface area contributed by atoms with Crippen molar-refractivity contribution in [2.45, 2.75) is 13.5 Å². The van der Waals surface area contributed by atoms with Gasteiger partial charge >= 0.3 is 6.03 Å². The molecule has 0 spiro atoms. The van der Waals surface area contributed by atoms with Gasteiger partial charge in [0.15, 0.2) is 11.5 Å². The summed E-state index contributed by atoms with van der Waals surface area (Å²) in [4.78, 5) is 20.4. The fourth-order valence-electron chi connectivity index (χ4n) is 2.50. The van der Waals surface area contributed by atoms with Gasteiger partial charge in [0, 0.05) is 25.0 Å². The van der Waals surface area contributed by atoms with Crippen LogP contribution in [0.25, 0.3) is 0 Å². The molecule has 0 unspecified atom stereocenters. The van der Waals surface area contributed by atoms with Crippen molar-refractivity contribution in [2.24, 2.45) is 0 Å². The Balaban J connectivity index is 1.55. The maximum atomic E-state index is 12.1. The second-order valence-electron chi connectivity index (χ2n) is 5.85. The Kier molecular flexibility index (Phi) is 6.83. The lowest BCUT2D eigenvalue weighted by Gasteiger charge is -2.11. The largest absolute Gasteiger partial charge is 0.490 e. The molecular weight excluding hydrogens is 372 g/mol. The molecule has 0 atom stereocenters. The van der Waals surface area contributed by atoms with E-state index in [0.717, 1.165) is 5.56 Å². The third-order valence-electron chi connectivity index (χ3n) is 3.83. The van der Waals surface area contributed by atoms with Crippen molar-refractivity contribution in [1.29, 1.82) is 0 Å². The number of hydrogen-bond acceptors (Lipinski definition) is 6. The molecule has 0 radical (unpaired) electrons. The molecule has 2 heterocycles. The minimum atomic E-state index is -0.373. The van der Waals surface area contributed by atoms with E-state index in [9.17, 15) is 4.79 Å². The number of aromatic nitrogens is 2. The van der Waals surface area contributed by atoms with E-state index in [1.54, 1.807) is 30.6 Å². The maximum absolute atomic E-state index is 12.1. The maximum Gasteiger partial charge on any atom is 0.319 e. The standard InChI is InChI=1S/C21H22N4O4/c1-3-28-17-8-4-5-9-18(17)29-19-11-10-15(13-23-19)14-24-21(26)25-16-7-6-12-22-20(16)27-2/h4-13H,3,14H2,1-2H3,(H2,24,25,26). The topological polar surface area (TPSA) is 94.6 Å². The van der Waals surface area contributed by atoms with Crippen molar-refractivity contribution in [3.05, 3.63) is 66.5 Å². The molecule has 0 fully saturated rings. The molecule has 1 aromatic carbocycles. The molecule has 0 bridgehead atoms. The monoisotopic (exact) mass is 394 g/mol. The molecule has 3 aromatic rings. The SMILES string of the molecule is CCOc1ccccc1Oc1ccc(CNC(=O)Nc2cccnc2OC)cn1. The van der Waals surface area contributed by atoms with Gasteiger partial charge in [-0.1, -0.05) is 18.2 Å². The number of pyridine rings is 2. The van der Waals surface area contributed by atoms with E-state index in [2.05, 4.69) is 20.6 Å². The first-order chi connectivity index (χ1) is 14.2. The number of para-hydroxylation sites is 2. The summed E-state index contributed by atoms with van der Waals surface area (Å²) in [5.41, 5.74) is 1.31. The Morgan fingerprint density at radius 3 is 2.59 bits per heavy atom. The number of anilines is 1. The fraction of sp³-hybridized carbons (Fsp3) is 0.190. The third kappa shape index (κ3) is 5.58. The lowest BCUT2D eigenvalue weighted by atomic mass is 10.3. The average Bonchev–Trinajstić information content (AvgIpc) is 2.75. The number of methoxy groups -OCH3 is 1. The summed E-state index contributed by atoms with van der Waals surface area (Å²) in [7, 11) is 1.49. The van der Waals surface area contributed by atoms with E-state index in [-0.39, 0.29) is 6.03 Å². The van der Waals surface area contributed by atoms with Gasteiger partial charge in [-0.2, -0.15) is 0 Å². The number of carbonyl (C=O) groups excluding carboxylic acids is 1. The summed E-state index contributed by atoms with van der Waals surface area (Å²) >= 11 is 0. The molecule has 0 saturated carbocycles. The average molecular weight is 394 g/mol. The van der Waals surface area contributed by atoms with Crippen LogP contribution >= 0.6 is 0 Å². The number of urea groups is 1. The first-order valence-corrected chi connectivity index (χ1v) is 9.08. The molecule has 2 N–H and O–H groups in total. The second-order valence-corrected chi connectivity index (χ2v) is 5.85. The van der Waals surface area contributed by atoms with Gasteiger partial charge in [0.25, 0.3) is 0 Å². The van der Waals surface area contributed by atoms with Gasteiger partial charge in [0.2, 0.25) is 11.8 Å². The van der Waals surface area contributed by atoms with Gasteiger partial charge in [0.1, 0.15) is 5.69 Å². The fourth-order valence-corrected chi connectivity index (χ4v) is 2.50. The van der Waals surface area contributed by atoms with Crippen LogP contribution in [0.5, 0.6) is 23.3 Å². The normalized spacial score (nSPS) is 10.1. The van der Waals surface area contributed by atoms with E-state index < -0.39 is 0 Å². The van der Waals surface area contributed by atoms with Gasteiger partial charge in [-0.15, -0.1) is 0 Å². The van der Waals surface area contributed by atoms with Crippen LogP contribution in [0.2, 0.25) is 0 Å². The summed E-state index contributed by atoms with van der Waals surface area (Å²) in [6.07, 6.45) is 3.23. The Morgan fingerprint density at radius 2 is 1.86 bits per heavy atom. The van der Waals surface area contributed by atoms with E-state index in [1.165, 1.54) is 7.11 Å². The molecule has 29 heavy (non-hydrogen) atoms. The number of benzene rings is 1. The van der Waals surface area contributed by atoms with Gasteiger partial charge < -0.3 is 24.8 Å². The minimum Gasteiger partial charge on any atom is -0.490 e. The van der Waals surface area contributed by atoms with Crippen molar-refractivity contribution < 1.29 is 19.0 Å². The molecule has 3 rings (SSSR count). The number of carbonyl (C=O) groups is 1. The Hall–Kier alpha value is -3.81. The molecule has 8 nitrogen and oxygen atoms in total. The van der Waals surface area contributed by atoms with Crippen LogP contribution in [-0.4, -0.2) is 29.7 Å². The predicted molar refractivity (Wildman–Crippen MR) is 109 cm³/mol.